The van der Waals surface area contributed by atoms with Crippen molar-refractivity contribution >= 4 is 5.97 Å². The average molecular weight is 304 g/mol. The Labute approximate surface area is 133 Å². The maximum absolute atomic E-state index is 12.1. The first-order valence-electron chi connectivity index (χ1n) is 8.21. The van der Waals surface area contributed by atoms with E-state index in [0.29, 0.717) is 12.8 Å². The van der Waals surface area contributed by atoms with Gasteiger partial charge in [-0.1, -0.05) is 52.7 Å². The van der Waals surface area contributed by atoms with Crippen molar-refractivity contribution in [2.75, 3.05) is 7.11 Å². The van der Waals surface area contributed by atoms with Crippen LogP contribution in [0.5, 0.6) is 5.75 Å². The third-order valence-corrected chi connectivity index (χ3v) is 4.95. The van der Waals surface area contributed by atoms with Gasteiger partial charge in [0.25, 0.3) is 0 Å². The number of aryl methyl sites for hydroxylation is 1. The zero-order valence-electron chi connectivity index (χ0n) is 14.5. The van der Waals surface area contributed by atoms with Crippen molar-refractivity contribution in [2.45, 2.75) is 70.6 Å². The smallest absolute Gasteiger partial charge is 0.314 e. The first-order chi connectivity index (χ1) is 10.3. The largest absolute Gasteiger partial charge is 0.496 e. The molecule has 1 fully saturated rings. The fourth-order valence-corrected chi connectivity index (χ4v) is 3.60. The average Bonchev–Trinajstić information content (AvgIpc) is 2.95. The minimum atomic E-state index is -0.781. The molecule has 3 nitrogen and oxygen atoms in total. The number of ether oxygens (including phenoxy) is 1. The van der Waals surface area contributed by atoms with Crippen LogP contribution in [0.3, 0.4) is 0 Å². The number of hydrogen-bond acceptors (Lipinski definition) is 2. The predicted molar refractivity (Wildman–Crippen MR) is 88.9 cm³/mol. The molecule has 0 saturated heterocycles. The summed E-state index contributed by atoms with van der Waals surface area (Å²) in [7, 11) is 1.66. The van der Waals surface area contributed by atoms with Gasteiger partial charge in [-0.2, -0.15) is 0 Å². The van der Waals surface area contributed by atoms with Gasteiger partial charge in [0.15, 0.2) is 0 Å². The molecule has 1 saturated carbocycles. The van der Waals surface area contributed by atoms with Crippen molar-refractivity contribution < 1.29 is 14.6 Å². The molecule has 0 unspecified atom stereocenters. The Kier molecular flexibility index (Phi) is 4.55. The second-order valence-corrected chi connectivity index (χ2v) is 7.42. The van der Waals surface area contributed by atoms with E-state index in [9.17, 15) is 9.90 Å². The van der Waals surface area contributed by atoms with E-state index in [1.165, 1.54) is 5.56 Å². The van der Waals surface area contributed by atoms with Gasteiger partial charge in [-0.05, 0) is 30.2 Å². The van der Waals surface area contributed by atoms with Gasteiger partial charge in [0, 0.05) is 11.1 Å². The maximum atomic E-state index is 12.1. The van der Waals surface area contributed by atoms with Gasteiger partial charge < -0.3 is 9.84 Å². The second-order valence-electron chi connectivity index (χ2n) is 7.42. The van der Waals surface area contributed by atoms with Crippen LogP contribution in [0.2, 0.25) is 0 Å². The molecule has 0 radical (unpaired) electrons. The highest BCUT2D eigenvalue weighted by molar-refractivity contribution is 5.83. The summed E-state index contributed by atoms with van der Waals surface area (Å²) >= 11 is 0. The standard InChI is InChI=1S/C19H28O3/c1-6-13-11-14(18(2,3)4)16(22-5)15(12-13)19(17(20)21)9-7-8-10-19/h11-12H,6-10H2,1-5H3,(H,20,21). The van der Waals surface area contributed by atoms with Crippen LogP contribution in [0, 0.1) is 0 Å². The molecule has 0 aromatic heterocycles. The minimum Gasteiger partial charge on any atom is -0.496 e. The lowest BCUT2D eigenvalue weighted by molar-refractivity contribution is -0.143. The van der Waals surface area contributed by atoms with Crippen LogP contribution in [0.15, 0.2) is 12.1 Å². The molecule has 0 aliphatic heterocycles. The Hall–Kier alpha value is -1.51. The van der Waals surface area contributed by atoms with E-state index in [2.05, 4.69) is 39.8 Å². The van der Waals surface area contributed by atoms with Crippen LogP contribution >= 0.6 is 0 Å². The van der Waals surface area contributed by atoms with Crippen LogP contribution in [0.1, 0.15) is 70.1 Å². The molecule has 22 heavy (non-hydrogen) atoms. The number of hydrogen-bond donors (Lipinski definition) is 1. The number of aliphatic carboxylic acids is 1. The lowest BCUT2D eigenvalue weighted by Gasteiger charge is -2.31. The first kappa shape index (κ1) is 16.9. The molecule has 0 heterocycles. The molecule has 1 aliphatic rings. The van der Waals surface area contributed by atoms with Gasteiger partial charge in [0.2, 0.25) is 0 Å². The van der Waals surface area contributed by atoms with E-state index < -0.39 is 11.4 Å². The molecule has 0 bridgehead atoms. The fraction of sp³-hybridized carbons (Fsp3) is 0.632. The van der Waals surface area contributed by atoms with Crippen molar-refractivity contribution in [3.63, 3.8) is 0 Å². The second kappa shape index (κ2) is 5.94. The molecule has 122 valence electrons. The molecule has 1 aromatic rings. The predicted octanol–water partition coefficient (Wildman–Crippen LogP) is 4.45. The van der Waals surface area contributed by atoms with Crippen molar-refractivity contribution in [3.8, 4) is 5.75 Å². The van der Waals surface area contributed by atoms with Crippen molar-refractivity contribution in [2.24, 2.45) is 0 Å². The zero-order valence-corrected chi connectivity index (χ0v) is 14.5. The third kappa shape index (κ3) is 2.73. The van der Waals surface area contributed by atoms with Crippen molar-refractivity contribution in [1.82, 2.24) is 0 Å². The number of carboxylic acids is 1. The van der Waals surface area contributed by atoms with Gasteiger partial charge >= 0.3 is 5.97 Å². The Morgan fingerprint density at radius 3 is 2.27 bits per heavy atom. The van der Waals surface area contributed by atoms with E-state index >= 15 is 0 Å². The molecule has 2 rings (SSSR count). The Morgan fingerprint density at radius 1 is 1.27 bits per heavy atom. The van der Waals surface area contributed by atoms with Crippen LogP contribution in [-0.2, 0) is 22.0 Å². The fourth-order valence-electron chi connectivity index (χ4n) is 3.60. The number of carbonyl (C=O) groups is 1. The summed E-state index contributed by atoms with van der Waals surface area (Å²) in [5.41, 5.74) is 2.31. The molecule has 1 N–H and O–H groups in total. The Morgan fingerprint density at radius 2 is 1.86 bits per heavy atom. The summed E-state index contributed by atoms with van der Waals surface area (Å²) in [5.74, 6) is 0.0606. The minimum absolute atomic E-state index is 0.0798. The van der Waals surface area contributed by atoms with Gasteiger partial charge in [0.1, 0.15) is 5.75 Å². The monoisotopic (exact) mass is 304 g/mol. The molecule has 0 amide bonds. The molecular weight excluding hydrogens is 276 g/mol. The molecule has 1 aliphatic carbocycles. The number of carboxylic acid groups (broad SMARTS) is 1. The van der Waals surface area contributed by atoms with Crippen LogP contribution in [-0.4, -0.2) is 18.2 Å². The van der Waals surface area contributed by atoms with E-state index in [1.54, 1.807) is 7.11 Å². The maximum Gasteiger partial charge on any atom is 0.314 e. The lowest BCUT2D eigenvalue weighted by atomic mass is 9.74. The normalized spacial score (nSPS) is 17.5. The van der Waals surface area contributed by atoms with Crippen LogP contribution in [0.4, 0.5) is 0 Å². The molecular formula is C19H28O3. The molecule has 0 atom stereocenters. The Balaban J connectivity index is 2.76. The van der Waals surface area contributed by atoms with E-state index in [4.69, 9.17) is 4.74 Å². The van der Waals surface area contributed by atoms with E-state index in [-0.39, 0.29) is 5.41 Å². The molecule has 1 aromatic carbocycles. The van der Waals surface area contributed by atoms with Crippen LogP contribution in [0.25, 0.3) is 0 Å². The van der Waals surface area contributed by atoms with Crippen molar-refractivity contribution in [3.05, 3.63) is 28.8 Å². The van der Waals surface area contributed by atoms with Gasteiger partial charge in [-0.15, -0.1) is 0 Å². The number of benzene rings is 1. The lowest BCUT2D eigenvalue weighted by Crippen LogP contribution is -2.34. The molecule has 3 heteroatoms. The van der Waals surface area contributed by atoms with Crippen LogP contribution < -0.4 is 4.74 Å². The van der Waals surface area contributed by atoms with E-state index in [1.807, 2.05) is 0 Å². The Bertz CT molecular complexity index is 561. The van der Waals surface area contributed by atoms with Gasteiger partial charge in [0.05, 0.1) is 12.5 Å². The van der Waals surface area contributed by atoms with E-state index in [0.717, 1.165) is 36.1 Å². The summed E-state index contributed by atoms with van der Waals surface area (Å²) in [5, 5.41) is 9.94. The summed E-state index contributed by atoms with van der Waals surface area (Å²) in [6.07, 6.45) is 4.24. The number of rotatable bonds is 4. The third-order valence-electron chi connectivity index (χ3n) is 4.95. The summed E-state index contributed by atoms with van der Waals surface area (Å²) in [4.78, 5) is 12.1. The zero-order chi connectivity index (χ0) is 16.5. The SMILES string of the molecule is CCc1cc(C(C)(C)C)c(OC)c(C2(C(=O)O)CCCC2)c1. The van der Waals surface area contributed by atoms with Gasteiger partial charge in [-0.25, -0.2) is 0 Å². The first-order valence-corrected chi connectivity index (χ1v) is 8.21. The van der Waals surface area contributed by atoms with Crippen molar-refractivity contribution in [1.29, 1.82) is 0 Å². The van der Waals surface area contributed by atoms with Gasteiger partial charge in [-0.3, -0.25) is 4.79 Å². The summed E-state index contributed by atoms with van der Waals surface area (Å²) in [6, 6.07) is 4.24. The highest BCUT2D eigenvalue weighted by Crippen LogP contribution is 2.48. The summed E-state index contributed by atoms with van der Waals surface area (Å²) in [6.45, 7) is 8.56. The molecule has 0 spiro atoms. The quantitative estimate of drug-likeness (QED) is 0.893. The number of methoxy groups -OCH3 is 1. The highest BCUT2D eigenvalue weighted by atomic mass is 16.5. The summed E-state index contributed by atoms with van der Waals surface area (Å²) < 4.78 is 5.73. The highest BCUT2D eigenvalue weighted by Gasteiger charge is 2.45. The topological polar surface area (TPSA) is 46.5 Å².